The Morgan fingerprint density at radius 2 is 1.68 bits per heavy atom. The van der Waals surface area contributed by atoms with Crippen molar-refractivity contribution in [2.24, 2.45) is 0 Å². The number of benzene rings is 2. The van der Waals surface area contributed by atoms with Gasteiger partial charge in [0.25, 0.3) is 5.91 Å². The van der Waals surface area contributed by atoms with Crippen LogP contribution < -0.4 is 14.8 Å². The summed E-state index contributed by atoms with van der Waals surface area (Å²) in [6, 6.07) is 9.40. The van der Waals surface area contributed by atoms with Gasteiger partial charge in [0.05, 0.1) is 35.5 Å². The summed E-state index contributed by atoms with van der Waals surface area (Å²) in [5.41, 5.74) is 0.531. The molecular weight excluding hydrogens is 369 g/mol. The van der Waals surface area contributed by atoms with Gasteiger partial charge in [0.15, 0.2) is 6.61 Å². The van der Waals surface area contributed by atoms with Gasteiger partial charge in [0.1, 0.15) is 11.5 Å². The minimum absolute atomic E-state index is 0.199. The second kappa shape index (κ2) is 8.60. The molecule has 0 aliphatic carbocycles. The average molecular weight is 384 g/mol. The number of halogens is 2. The van der Waals surface area contributed by atoms with Crippen LogP contribution in [0.25, 0.3) is 0 Å². The van der Waals surface area contributed by atoms with E-state index in [1.165, 1.54) is 26.4 Å². The molecule has 2 aromatic rings. The molecule has 0 saturated heterocycles. The van der Waals surface area contributed by atoms with Gasteiger partial charge in [-0.25, -0.2) is 4.79 Å². The summed E-state index contributed by atoms with van der Waals surface area (Å²) in [5.74, 6) is -0.375. The predicted molar refractivity (Wildman–Crippen MR) is 94.9 cm³/mol. The van der Waals surface area contributed by atoms with Crippen LogP contribution in [0.2, 0.25) is 10.0 Å². The Kier molecular flexibility index (Phi) is 6.50. The lowest BCUT2D eigenvalue weighted by Crippen LogP contribution is -2.21. The number of methoxy groups -OCH3 is 2. The van der Waals surface area contributed by atoms with Crippen molar-refractivity contribution < 1.29 is 23.8 Å². The highest BCUT2D eigenvalue weighted by Crippen LogP contribution is 2.29. The van der Waals surface area contributed by atoms with E-state index in [2.05, 4.69) is 5.32 Å². The van der Waals surface area contributed by atoms with Gasteiger partial charge < -0.3 is 19.5 Å². The molecule has 0 radical (unpaired) electrons. The van der Waals surface area contributed by atoms with Crippen molar-refractivity contribution in [3.8, 4) is 11.5 Å². The fourth-order valence-electron chi connectivity index (χ4n) is 1.93. The van der Waals surface area contributed by atoms with Crippen LogP contribution in [0.15, 0.2) is 36.4 Å². The quantitative estimate of drug-likeness (QED) is 0.767. The molecule has 8 heteroatoms. The molecule has 0 unspecified atom stereocenters. The van der Waals surface area contributed by atoms with Crippen LogP contribution in [0.5, 0.6) is 11.5 Å². The third-order valence-electron chi connectivity index (χ3n) is 3.15. The molecule has 0 bridgehead atoms. The van der Waals surface area contributed by atoms with E-state index >= 15 is 0 Å². The molecule has 0 aliphatic heterocycles. The van der Waals surface area contributed by atoms with Crippen LogP contribution in [0.1, 0.15) is 10.4 Å². The van der Waals surface area contributed by atoms with Gasteiger partial charge in [0.2, 0.25) is 0 Å². The molecule has 6 nitrogen and oxygen atoms in total. The van der Waals surface area contributed by atoms with Crippen LogP contribution in [-0.4, -0.2) is 32.7 Å². The highest BCUT2D eigenvalue weighted by molar-refractivity contribution is 6.44. The number of carbonyl (C=O) groups excluding carboxylic acids is 2. The van der Waals surface area contributed by atoms with Crippen LogP contribution in [-0.2, 0) is 9.53 Å². The van der Waals surface area contributed by atoms with E-state index in [0.717, 1.165) is 0 Å². The second-order valence-electron chi connectivity index (χ2n) is 4.83. The molecule has 0 heterocycles. The molecule has 0 aromatic heterocycles. The highest BCUT2D eigenvalue weighted by Gasteiger charge is 2.14. The maximum Gasteiger partial charge on any atom is 0.338 e. The van der Waals surface area contributed by atoms with E-state index in [-0.39, 0.29) is 10.6 Å². The normalized spacial score (nSPS) is 10.1. The van der Waals surface area contributed by atoms with Gasteiger partial charge in [-0.15, -0.1) is 0 Å². The summed E-state index contributed by atoms with van der Waals surface area (Å²) < 4.78 is 15.2. The van der Waals surface area contributed by atoms with Gasteiger partial charge >= 0.3 is 5.97 Å². The molecule has 132 valence electrons. The zero-order chi connectivity index (χ0) is 18.4. The lowest BCUT2D eigenvalue weighted by Gasteiger charge is -2.10. The van der Waals surface area contributed by atoms with Gasteiger partial charge in [0, 0.05) is 6.07 Å². The summed E-state index contributed by atoms with van der Waals surface area (Å²) in [5, 5.41) is 3.04. The van der Waals surface area contributed by atoms with Crippen LogP contribution in [0.3, 0.4) is 0 Å². The number of anilines is 1. The Labute approximate surface area is 154 Å². The molecule has 0 fully saturated rings. The molecule has 2 rings (SSSR count). The zero-order valence-electron chi connectivity index (χ0n) is 13.5. The monoisotopic (exact) mass is 383 g/mol. The number of ether oxygens (including phenoxy) is 3. The van der Waals surface area contributed by atoms with Crippen LogP contribution >= 0.6 is 23.2 Å². The van der Waals surface area contributed by atoms with Gasteiger partial charge in [-0.05, 0) is 24.3 Å². The van der Waals surface area contributed by atoms with Gasteiger partial charge in [-0.2, -0.15) is 0 Å². The topological polar surface area (TPSA) is 73.9 Å². The van der Waals surface area contributed by atoms with Gasteiger partial charge in [-0.3, -0.25) is 4.79 Å². The van der Waals surface area contributed by atoms with Crippen molar-refractivity contribution in [1.82, 2.24) is 0 Å². The van der Waals surface area contributed by atoms with E-state index in [4.69, 9.17) is 37.4 Å². The average Bonchev–Trinajstić information content (AvgIpc) is 2.63. The second-order valence-corrected chi connectivity index (χ2v) is 5.61. The minimum atomic E-state index is -0.690. The summed E-state index contributed by atoms with van der Waals surface area (Å²) >= 11 is 11.9. The van der Waals surface area contributed by atoms with Crippen molar-refractivity contribution in [2.45, 2.75) is 0 Å². The molecular formula is C17H15Cl2NO5. The summed E-state index contributed by atoms with van der Waals surface area (Å²) in [6.07, 6.45) is 0. The molecule has 1 N–H and O–H groups in total. The fraction of sp³-hybridized carbons (Fsp3) is 0.176. The lowest BCUT2D eigenvalue weighted by atomic mass is 10.2. The van der Waals surface area contributed by atoms with Gasteiger partial charge in [-0.1, -0.05) is 29.3 Å². The minimum Gasteiger partial charge on any atom is -0.497 e. The number of nitrogens with one attached hydrogen (secondary N) is 1. The van der Waals surface area contributed by atoms with Crippen molar-refractivity contribution in [2.75, 3.05) is 26.1 Å². The van der Waals surface area contributed by atoms with E-state index in [1.807, 2.05) is 0 Å². The number of rotatable bonds is 6. The maximum absolute atomic E-state index is 12.1. The zero-order valence-corrected chi connectivity index (χ0v) is 15.0. The Morgan fingerprint density at radius 1 is 1.04 bits per heavy atom. The van der Waals surface area contributed by atoms with Crippen molar-refractivity contribution in [3.63, 3.8) is 0 Å². The Morgan fingerprint density at radius 3 is 2.28 bits per heavy atom. The predicted octanol–water partition coefficient (Wildman–Crippen LogP) is 3.81. The van der Waals surface area contributed by atoms with Crippen molar-refractivity contribution >= 4 is 40.8 Å². The van der Waals surface area contributed by atoms with Crippen LogP contribution in [0.4, 0.5) is 5.69 Å². The van der Waals surface area contributed by atoms with E-state index in [1.54, 1.807) is 24.3 Å². The van der Waals surface area contributed by atoms with Crippen molar-refractivity contribution in [1.29, 1.82) is 0 Å². The molecule has 1 amide bonds. The smallest absolute Gasteiger partial charge is 0.338 e. The Balaban J connectivity index is 2.00. The SMILES string of the molecule is COc1cc(OC)cc(C(=O)OCC(=O)Nc2cccc(Cl)c2Cl)c1. The first-order chi connectivity index (χ1) is 11.9. The summed E-state index contributed by atoms with van der Waals surface area (Å²) in [4.78, 5) is 24.0. The van der Waals surface area contributed by atoms with E-state index in [0.29, 0.717) is 22.2 Å². The van der Waals surface area contributed by atoms with E-state index in [9.17, 15) is 9.59 Å². The molecule has 0 aliphatic rings. The lowest BCUT2D eigenvalue weighted by molar-refractivity contribution is -0.119. The van der Waals surface area contributed by atoms with E-state index < -0.39 is 18.5 Å². The van der Waals surface area contributed by atoms with Crippen molar-refractivity contribution in [3.05, 3.63) is 52.0 Å². The number of esters is 1. The first-order valence-electron chi connectivity index (χ1n) is 7.08. The summed E-state index contributed by atoms with van der Waals surface area (Å²) in [7, 11) is 2.93. The maximum atomic E-state index is 12.1. The number of amides is 1. The Bertz CT molecular complexity index is 772. The van der Waals surface area contributed by atoms with Crippen LogP contribution in [0, 0.1) is 0 Å². The number of hydrogen-bond donors (Lipinski definition) is 1. The third kappa shape index (κ3) is 5.01. The first kappa shape index (κ1) is 18.9. The summed E-state index contributed by atoms with van der Waals surface area (Å²) in [6.45, 7) is -0.485. The molecule has 2 aromatic carbocycles. The first-order valence-corrected chi connectivity index (χ1v) is 7.84. The molecule has 0 atom stereocenters. The fourth-order valence-corrected chi connectivity index (χ4v) is 2.27. The molecule has 0 saturated carbocycles. The molecule has 25 heavy (non-hydrogen) atoms. The molecule has 0 spiro atoms. The Hall–Kier alpha value is -2.44. The largest absolute Gasteiger partial charge is 0.497 e. The number of hydrogen-bond acceptors (Lipinski definition) is 5. The third-order valence-corrected chi connectivity index (χ3v) is 3.97. The standard InChI is InChI=1S/C17H15Cl2NO5/c1-23-11-6-10(7-12(8-11)24-2)17(22)25-9-15(21)20-14-5-3-4-13(18)16(14)19/h3-8H,9H2,1-2H3,(H,20,21). The highest BCUT2D eigenvalue weighted by atomic mass is 35.5. The number of carbonyl (C=O) groups is 2.